The van der Waals surface area contributed by atoms with Crippen molar-refractivity contribution in [2.75, 3.05) is 26.2 Å². The van der Waals surface area contributed by atoms with E-state index in [-0.39, 0.29) is 29.6 Å². The van der Waals surface area contributed by atoms with Crippen molar-refractivity contribution in [3.63, 3.8) is 0 Å². The summed E-state index contributed by atoms with van der Waals surface area (Å²) in [5.74, 6) is 1.92. The molecular formula is C29H44N2O4. The van der Waals surface area contributed by atoms with Crippen molar-refractivity contribution in [3.05, 3.63) is 34.4 Å². The number of rotatable bonds is 3. The summed E-state index contributed by atoms with van der Waals surface area (Å²) in [7, 11) is 0. The molecule has 0 aromatic carbocycles. The zero-order valence-corrected chi connectivity index (χ0v) is 21.5. The molecule has 6 heteroatoms. The maximum Gasteiger partial charge on any atom is 0.335 e. The van der Waals surface area contributed by atoms with E-state index in [1.54, 1.807) is 6.26 Å². The number of nitrogens with zero attached hydrogens (tertiary/aromatic N) is 1. The van der Waals surface area contributed by atoms with Gasteiger partial charge >= 0.3 is 5.63 Å². The Morgan fingerprint density at radius 2 is 1.94 bits per heavy atom. The van der Waals surface area contributed by atoms with Crippen molar-refractivity contribution in [2.45, 2.75) is 95.2 Å². The van der Waals surface area contributed by atoms with Crippen molar-refractivity contribution in [2.24, 2.45) is 28.6 Å². The smallest absolute Gasteiger partial charge is 0.335 e. The normalized spacial score (nSPS) is 48.1. The first-order valence-corrected chi connectivity index (χ1v) is 14.2. The summed E-state index contributed by atoms with van der Waals surface area (Å²) in [6, 6.07) is 4.30. The van der Waals surface area contributed by atoms with Crippen LogP contribution in [0.1, 0.15) is 83.1 Å². The maximum atomic E-state index is 12.4. The molecule has 2 heterocycles. The average molecular weight is 485 g/mol. The number of nitrogens with one attached hydrogen (secondary N) is 1. The van der Waals surface area contributed by atoms with Gasteiger partial charge in [-0.3, -0.25) is 4.90 Å². The van der Waals surface area contributed by atoms with E-state index in [0.29, 0.717) is 29.2 Å². The van der Waals surface area contributed by atoms with Crippen LogP contribution in [-0.4, -0.2) is 59.0 Å². The molecule has 0 spiro atoms. The van der Waals surface area contributed by atoms with Gasteiger partial charge in [0.05, 0.1) is 18.5 Å². The van der Waals surface area contributed by atoms with Gasteiger partial charge in [-0.2, -0.15) is 0 Å². The van der Waals surface area contributed by atoms with Gasteiger partial charge in [0, 0.05) is 43.2 Å². The predicted octanol–water partition coefficient (Wildman–Crippen LogP) is 3.52. The van der Waals surface area contributed by atoms with Crippen LogP contribution in [0.5, 0.6) is 0 Å². The van der Waals surface area contributed by atoms with E-state index >= 15 is 0 Å². The molecular weight excluding hydrogens is 440 g/mol. The van der Waals surface area contributed by atoms with E-state index in [2.05, 4.69) is 24.1 Å². The number of hydrogen-bond donors (Lipinski definition) is 3. The van der Waals surface area contributed by atoms with Crippen LogP contribution in [0.3, 0.4) is 0 Å². The summed E-state index contributed by atoms with van der Waals surface area (Å²) in [6.45, 7) is 8.08. The fourth-order valence-corrected chi connectivity index (χ4v) is 10.0. The molecule has 4 saturated carbocycles. The Balaban J connectivity index is 1.23. The van der Waals surface area contributed by atoms with Gasteiger partial charge in [-0.25, -0.2) is 4.79 Å². The van der Waals surface area contributed by atoms with Crippen molar-refractivity contribution < 1.29 is 14.6 Å². The Morgan fingerprint density at radius 3 is 2.71 bits per heavy atom. The molecule has 1 aliphatic heterocycles. The fraction of sp³-hybridized carbons (Fsp3) is 0.828. The summed E-state index contributed by atoms with van der Waals surface area (Å²) in [4.78, 5) is 14.1. The number of hydrogen-bond acceptors (Lipinski definition) is 6. The Hall–Kier alpha value is -1.21. The first-order valence-electron chi connectivity index (χ1n) is 14.2. The lowest BCUT2D eigenvalue weighted by molar-refractivity contribution is -0.204. The summed E-state index contributed by atoms with van der Waals surface area (Å²) in [5, 5.41) is 25.9. The van der Waals surface area contributed by atoms with E-state index in [4.69, 9.17) is 4.42 Å². The third kappa shape index (κ3) is 3.53. The van der Waals surface area contributed by atoms with E-state index in [0.717, 1.165) is 50.9 Å². The fourth-order valence-electron chi connectivity index (χ4n) is 10.0. The van der Waals surface area contributed by atoms with Gasteiger partial charge < -0.3 is 19.9 Å². The Labute approximate surface area is 209 Å². The van der Waals surface area contributed by atoms with Gasteiger partial charge in [0.2, 0.25) is 0 Å². The van der Waals surface area contributed by atoms with E-state index in [1.165, 1.54) is 38.2 Å². The zero-order chi connectivity index (χ0) is 24.4. The highest BCUT2D eigenvalue weighted by Crippen LogP contribution is 2.70. The molecule has 0 bridgehead atoms. The second kappa shape index (κ2) is 8.68. The lowest BCUT2D eigenvalue weighted by Crippen LogP contribution is -2.63. The summed E-state index contributed by atoms with van der Waals surface area (Å²) in [5.41, 5.74) is 0.280. The third-order valence-electron chi connectivity index (χ3n) is 12.0. The predicted molar refractivity (Wildman–Crippen MR) is 135 cm³/mol. The molecule has 1 aromatic heterocycles. The van der Waals surface area contributed by atoms with Crippen LogP contribution >= 0.6 is 0 Å². The molecule has 4 aliphatic carbocycles. The van der Waals surface area contributed by atoms with Crippen LogP contribution in [0, 0.1) is 28.6 Å². The minimum atomic E-state index is -0.637. The second-order valence-corrected chi connectivity index (χ2v) is 13.1. The zero-order valence-electron chi connectivity index (χ0n) is 21.5. The van der Waals surface area contributed by atoms with Crippen LogP contribution in [0.15, 0.2) is 27.6 Å². The van der Waals surface area contributed by atoms with Crippen molar-refractivity contribution in [1.29, 1.82) is 0 Å². The highest BCUT2D eigenvalue weighted by molar-refractivity contribution is 5.27. The first-order chi connectivity index (χ1) is 16.8. The number of fused-ring (bicyclic) bond motifs is 5. The summed E-state index contributed by atoms with van der Waals surface area (Å²) < 4.78 is 5.24. The molecule has 0 radical (unpaired) electrons. The number of aliphatic hydroxyl groups excluding tert-OH is 1. The maximum absolute atomic E-state index is 12.4. The van der Waals surface area contributed by atoms with Crippen molar-refractivity contribution in [1.82, 2.24) is 10.2 Å². The Bertz CT molecular complexity index is 977. The molecule has 5 aliphatic rings. The van der Waals surface area contributed by atoms with Gasteiger partial charge in [0.25, 0.3) is 0 Å². The Kier molecular flexibility index (Phi) is 5.99. The molecule has 6 rings (SSSR count). The van der Waals surface area contributed by atoms with Gasteiger partial charge in [0.15, 0.2) is 0 Å². The largest absolute Gasteiger partial charge is 0.431 e. The summed E-state index contributed by atoms with van der Waals surface area (Å²) >= 11 is 0. The first kappa shape index (κ1) is 24.1. The Morgan fingerprint density at radius 1 is 1.09 bits per heavy atom. The molecule has 0 amide bonds. The highest BCUT2D eigenvalue weighted by atomic mass is 16.4. The molecule has 3 N–H and O–H groups in total. The minimum absolute atomic E-state index is 0.163. The number of piperazine rings is 1. The summed E-state index contributed by atoms with van der Waals surface area (Å²) in [6.07, 6.45) is 11.8. The lowest BCUT2D eigenvalue weighted by atomic mass is 9.43. The highest BCUT2D eigenvalue weighted by Gasteiger charge is 2.67. The molecule has 9 atom stereocenters. The molecule has 5 fully saturated rings. The van der Waals surface area contributed by atoms with Crippen molar-refractivity contribution >= 4 is 0 Å². The molecule has 1 aromatic rings. The third-order valence-corrected chi connectivity index (χ3v) is 12.0. The van der Waals surface area contributed by atoms with E-state index in [1.807, 2.05) is 6.07 Å². The standard InChI is InChI=1S/C29H44N2O4/c1-27-10-7-21(31-14-13-30-16-22(31)17-32)15-20(27)4-5-25-24(27)8-11-28(2)23(9-12-29(25,28)34)19-3-6-26(33)35-18-19/h3,6,18,20-25,30,32,34H,4-5,7-17H2,1-2H3/t20-,21+,22?,23-,24+,25-,27+,28-,29+/m1/s1. The van der Waals surface area contributed by atoms with Crippen LogP contribution < -0.4 is 10.9 Å². The average Bonchev–Trinajstić information content (AvgIpc) is 3.15. The second-order valence-electron chi connectivity index (χ2n) is 13.1. The lowest BCUT2D eigenvalue weighted by Gasteiger charge is -2.64. The number of aliphatic hydroxyl groups is 2. The van der Waals surface area contributed by atoms with Crippen LogP contribution in [0.2, 0.25) is 0 Å². The van der Waals surface area contributed by atoms with Crippen LogP contribution in [-0.2, 0) is 0 Å². The SMILES string of the molecule is C[C@]12CC[C@H](N3CCNCC3CO)C[C@H]1CC[C@@H]1[C@@H]2CC[C@]2(C)[C@@H](c3ccc(=O)oc3)CC[C@]12O. The van der Waals surface area contributed by atoms with Crippen LogP contribution in [0.4, 0.5) is 0 Å². The van der Waals surface area contributed by atoms with Gasteiger partial charge in [-0.1, -0.05) is 13.8 Å². The topological polar surface area (TPSA) is 85.9 Å². The van der Waals surface area contributed by atoms with Crippen LogP contribution in [0.25, 0.3) is 0 Å². The molecule has 1 unspecified atom stereocenters. The minimum Gasteiger partial charge on any atom is -0.431 e. The van der Waals surface area contributed by atoms with Gasteiger partial charge in [0.1, 0.15) is 0 Å². The monoisotopic (exact) mass is 484 g/mol. The molecule has 1 saturated heterocycles. The van der Waals surface area contributed by atoms with Gasteiger partial charge in [-0.05, 0) is 98.5 Å². The molecule has 194 valence electrons. The van der Waals surface area contributed by atoms with Gasteiger partial charge in [-0.15, -0.1) is 0 Å². The molecule has 6 nitrogen and oxygen atoms in total. The quantitative estimate of drug-likeness (QED) is 0.609. The van der Waals surface area contributed by atoms with E-state index < -0.39 is 5.60 Å². The van der Waals surface area contributed by atoms with E-state index in [9.17, 15) is 15.0 Å². The molecule has 35 heavy (non-hydrogen) atoms. The van der Waals surface area contributed by atoms with Crippen molar-refractivity contribution in [3.8, 4) is 0 Å².